The van der Waals surface area contributed by atoms with Crippen LogP contribution in [-0.4, -0.2) is 21.6 Å². The minimum absolute atomic E-state index is 0.298. The molecular formula is C20H16FN3O. The summed E-state index contributed by atoms with van der Waals surface area (Å²) in [5.41, 5.74) is 3.15. The molecule has 5 heteroatoms. The summed E-state index contributed by atoms with van der Waals surface area (Å²) >= 11 is 0. The molecule has 0 unspecified atom stereocenters. The van der Waals surface area contributed by atoms with Crippen molar-refractivity contribution in [2.75, 3.05) is 7.11 Å². The number of aromatic nitrogens is 3. The topological polar surface area (TPSA) is 39.9 Å². The fraction of sp³-hybridized carbons (Fsp3) is 0.100. The molecule has 4 aromatic rings. The Labute approximate surface area is 144 Å². The number of rotatable bonds is 4. The quantitative estimate of drug-likeness (QED) is 0.559. The molecule has 2 aromatic heterocycles. The molecule has 2 heterocycles. The van der Waals surface area contributed by atoms with Crippen molar-refractivity contribution in [3.8, 4) is 17.1 Å². The van der Waals surface area contributed by atoms with Gasteiger partial charge in [-0.05, 0) is 42.0 Å². The van der Waals surface area contributed by atoms with Crippen LogP contribution in [0.25, 0.3) is 22.4 Å². The van der Waals surface area contributed by atoms with E-state index in [1.165, 1.54) is 6.07 Å². The third-order valence-electron chi connectivity index (χ3n) is 4.17. The maximum absolute atomic E-state index is 14.4. The number of imidazole rings is 1. The highest BCUT2D eigenvalue weighted by Gasteiger charge is 2.18. The lowest BCUT2D eigenvalue weighted by Gasteiger charge is -2.10. The summed E-state index contributed by atoms with van der Waals surface area (Å²) in [7, 11) is 1.61. The Balaban J connectivity index is 1.97. The van der Waals surface area contributed by atoms with Gasteiger partial charge in [0.05, 0.1) is 18.2 Å². The van der Waals surface area contributed by atoms with Gasteiger partial charge in [0.25, 0.3) is 0 Å². The predicted octanol–water partition coefficient (Wildman–Crippen LogP) is 4.29. The molecule has 0 spiro atoms. The van der Waals surface area contributed by atoms with Gasteiger partial charge in [0.1, 0.15) is 22.9 Å². The summed E-state index contributed by atoms with van der Waals surface area (Å²) in [5.74, 6) is 0.950. The number of ether oxygens (including phenoxy) is 1. The number of methoxy groups -OCH3 is 1. The Morgan fingerprint density at radius 3 is 2.56 bits per heavy atom. The van der Waals surface area contributed by atoms with Gasteiger partial charge in [0.2, 0.25) is 0 Å². The van der Waals surface area contributed by atoms with Crippen molar-refractivity contribution in [3.63, 3.8) is 0 Å². The SMILES string of the molecule is COc1cccc2c1nc(-c1ccccc1F)n2Cc1ccncc1. The minimum Gasteiger partial charge on any atom is -0.494 e. The van der Waals surface area contributed by atoms with Gasteiger partial charge in [-0.25, -0.2) is 9.37 Å². The number of benzene rings is 2. The van der Waals surface area contributed by atoms with Crippen molar-refractivity contribution >= 4 is 11.0 Å². The second-order valence-electron chi connectivity index (χ2n) is 5.68. The number of hydrogen-bond acceptors (Lipinski definition) is 3. The monoisotopic (exact) mass is 333 g/mol. The van der Waals surface area contributed by atoms with Crippen molar-refractivity contribution < 1.29 is 9.13 Å². The van der Waals surface area contributed by atoms with E-state index < -0.39 is 0 Å². The Hall–Kier alpha value is -3.21. The predicted molar refractivity (Wildman–Crippen MR) is 95.0 cm³/mol. The molecule has 0 bridgehead atoms. The number of pyridine rings is 1. The van der Waals surface area contributed by atoms with Crippen molar-refractivity contribution in [3.05, 3.63) is 78.4 Å². The Bertz CT molecular complexity index is 1030. The van der Waals surface area contributed by atoms with Crippen LogP contribution in [0.15, 0.2) is 67.0 Å². The number of hydrogen-bond donors (Lipinski definition) is 0. The first-order valence-electron chi connectivity index (χ1n) is 7.95. The van der Waals surface area contributed by atoms with E-state index in [1.807, 2.05) is 41.0 Å². The van der Waals surface area contributed by atoms with Crippen LogP contribution in [0.2, 0.25) is 0 Å². The van der Waals surface area contributed by atoms with Crippen LogP contribution in [0.4, 0.5) is 4.39 Å². The number of halogens is 1. The maximum Gasteiger partial charge on any atom is 0.146 e. The van der Waals surface area contributed by atoms with Crippen LogP contribution in [0.5, 0.6) is 5.75 Å². The van der Waals surface area contributed by atoms with E-state index in [-0.39, 0.29) is 5.82 Å². The van der Waals surface area contributed by atoms with E-state index in [0.717, 1.165) is 16.6 Å². The summed E-state index contributed by atoms with van der Waals surface area (Å²) in [5, 5.41) is 0. The molecule has 4 nitrogen and oxygen atoms in total. The van der Waals surface area contributed by atoms with E-state index in [9.17, 15) is 4.39 Å². The Morgan fingerprint density at radius 1 is 1.00 bits per heavy atom. The summed E-state index contributed by atoms with van der Waals surface area (Å²) in [6.45, 7) is 0.565. The fourth-order valence-corrected chi connectivity index (χ4v) is 2.96. The second kappa shape index (κ2) is 6.36. The highest BCUT2D eigenvalue weighted by molar-refractivity contribution is 5.86. The van der Waals surface area contributed by atoms with Gasteiger partial charge in [-0.3, -0.25) is 4.98 Å². The van der Waals surface area contributed by atoms with Gasteiger partial charge in [-0.1, -0.05) is 18.2 Å². The highest BCUT2D eigenvalue weighted by Crippen LogP contribution is 2.32. The molecule has 2 aromatic carbocycles. The first kappa shape index (κ1) is 15.3. The lowest BCUT2D eigenvalue weighted by atomic mass is 10.2. The average molecular weight is 333 g/mol. The highest BCUT2D eigenvalue weighted by atomic mass is 19.1. The lowest BCUT2D eigenvalue weighted by Crippen LogP contribution is -2.03. The molecular weight excluding hydrogens is 317 g/mol. The van der Waals surface area contributed by atoms with E-state index in [0.29, 0.717) is 23.7 Å². The van der Waals surface area contributed by atoms with Crippen LogP contribution in [0, 0.1) is 5.82 Å². The zero-order chi connectivity index (χ0) is 17.2. The molecule has 0 aliphatic heterocycles. The molecule has 0 aliphatic rings. The first-order chi connectivity index (χ1) is 12.3. The Kier molecular flexibility index (Phi) is 3.90. The minimum atomic E-state index is -0.298. The molecule has 0 fully saturated rings. The fourth-order valence-electron chi connectivity index (χ4n) is 2.96. The van der Waals surface area contributed by atoms with Gasteiger partial charge in [-0.15, -0.1) is 0 Å². The molecule has 0 saturated heterocycles. The summed E-state index contributed by atoms with van der Waals surface area (Å²) in [4.78, 5) is 8.75. The van der Waals surface area contributed by atoms with Gasteiger partial charge in [-0.2, -0.15) is 0 Å². The summed E-state index contributed by atoms with van der Waals surface area (Å²) in [6, 6.07) is 16.3. The van der Waals surface area contributed by atoms with Gasteiger partial charge in [0, 0.05) is 18.9 Å². The lowest BCUT2D eigenvalue weighted by molar-refractivity contribution is 0.419. The molecule has 0 radical (unpaired) electrons. The second-order valence-corrected chi connectivity index (χ2v) is 5.68. The van der Waals surface area contributed by atoms with Crippen LogP contribution in [0.3, 0.4) is 0 Å². The van der Waals surface area contributed by atoms with E-state index in [2.05, 4.69) is 4.98 Å². The van der Waals surface area contributed by atoms with Gasteiger partial charge < -0.3 is 9.30 Å². The summed E-state index contributed by atoms with van der Waals surface area (Å²) < 4.78 is 21.8. The first-order valence-corrected chi connectivity index (χ1v) is 7.95. The number of para-hydroxylation sites is 1. The molecule has 0 aliphatic carbocycles. The number of nitrogens with zero attached hydrogens (tertiary/aromatic N) is 3. The largest absolute Gasteiger partial charge is 0.494 e. The molecule has 0 atom stereocenters. The molecule has 0 amide bonds. The third kappa shape index (κ3) is 2.74. The van der Waals surface area contributed by atoms with Crippen molar-refractivity contribution in [2.24, 2.45) is 0 Å². The van der Waals surface area contributed by atoms with Crippen LogP contribution < -0.4 is 4.74 Å². The van der Waals surface area contributed by atoms with Crippen molar-refractivity contribution in [2.45, 2.75) is 6.54 Å². The van der Waals surface area contributed by atoms with Crippen molar-refractivity contribution in [1.29, 1.82) is 0 Å². The Morgan fingerprint density at radius 2 is 1.80 bits per heavy atom. The van der Waals surface area contributed by atoms with Crippen LogP contribution in [0.1, 0.15) is 5.56 Å². The molecule has 0 N–H and O–H groups in total. The average Bonchev–Trinajstić information content (AvgIpc) is 3.01. The smallest absolute Gasteiger partial charge is 0.146 e. The molecule has 124 valence electrons. The van der Waals surface area contributed by atoms with Crippen LogP contribution in [-0.2, 0) is 6.54 Å². The number of fused-ring (bicyclic) bond motifs is 1. The van der Waals surface area contributed by atoms with Gasteiger partial charge >= 0.3 is 0 Å². The van der Waals surface area contributed by atoms with Crippen LogP contribution >= 0.6 is 0 Å². The summed E-state index contributed by atoms with van der Waals surface area (Å²) in [6.07, 6.45) is 3.50. The normalized spacial score (nSPS) is 11.0. The van der Waals surface area contributed by atoms with Gasteiger partial charge in [0.15, 0.2) is 0 Å². The standard InChI is InChI=1S/C20H16FN3O/c1-25-18-8-4-7-17-19(18)23-20(15-5-2-3-6-16(15)21)24(17)13-14-9-11-22-12-10-14/h2-12H,13H2,1H3. The zero-order valence-corrected chi connectivity index (χ0v) is 13.7. The third-order valence-corrected chi connectivity index (χ3v) is 4.17. The molecule has 25 heavy (non-hydrogen) atoms. The molecule has 4 rings (SSSR count). The van der Waals surface area contributed by atoms with Crippen molar-refractivity contribution in [1.82, 2.24) is 14.5 Å². The maximum atomic E-state index is 14.4. The zero-order valence-electron chi connectivity index (χ0n) is 13.7. The van der Waals surface area contributed by atoms with E-state index >= 15 is 0 Å². The van der Waals surface area contributed by atoms with E-state index in [1.54, 1.807) is 31.6 Å². The van der Waals surface area contributed by atoms with E-state index in [4.69, 9.17) is 9.72 Å². The molecule has 0 saturated carbocycles.